The summed E-state index contributed by atoms with van der Waals surface area (Å²) in [7, 11) is 1.35. The molecule has 0 amide bonds. The number of benzene rings is 2. The Labute approximate surface area is 284 Å². The van der Waals surface area contributed by atoms with Crippen LogP contribution in [0.2, 0.25) is 0 Å². The van der Waals surface area contributed by atoms with E-state index < -0.39 is 24.4 Å². The zero-order valence-electron chi connectivity index (χ0n) is 28.9. The lowest BCUT2D eigenvalue weighted by atomic mass is 9.95. The maximum Gasteiger partial charge on any atom is 0.387 e. The summed E-state index contributed by atoms with van der Waals surface area (Å²) in [4.78, 5) is 16.9. The van der Waals surface area contributed by atoms with E-state index in [1.165, 1.54) is 44.3 Å². The molecular weight excluding hydrogens is 641 g/mol. The highest BCUT2D eigenvalue weighted by molar-refractivity contribution is 6.03. The Kier molecular flexibility index (Phi) is 13.0. The van der Waals surface area contributed by atoms with Gasteiger partial charge in [-0.25, -0.2) is 23.1 Å². The SMILES string of the molecule is C#Cc1c(F)ccc2cc(OC(F)F)cc(-c3nc(N4CCC4)c4cnc(OC)nc4c3F)c12.CC.CC(C)C.FC1CC2CCCN2C1. The Balaban J connectivity index is 0.000000299. The van der Waals surface area contributed by atoms with Gasteiger partial charge in [0.15, 0.2) is 5.82 Å². The smallest absolute Gasteiger partial charge is 0.387 e. The van der Waals surface area contributed by atoms with Crippen LogP contribution in [-0.4, -0.2) is 72.0 Å². The number of terminal acetylenes is 1. The maximum absolute atomic E-state index is 15.9. The molecule has 0 bridgehead atoms. The second-order valence-corrected chi connectivity index (χ2v) is 12.4. The highest BCUT2D eigenvalue weighted by Crippen LogP contribution is 2.40. The van der Waals surface area contributed by atoms with Crippen LogP contribution in [-0.2, 0) is 0 Å². The number of rotatable bonds is 5. The largest absolute Gasteiger partial charge is 0.467 e. The van der Waals surface area contributed by atoms with Gasteiger partial charge in [-0.15, -0.1) is 6.42 Å². The van der Waals surface area contributed by atoms with Crippen molar-refractivity contribution in [1.82, 2.24) is 19.9 Å². The number of nitrogens with zero attached hydrogens (tertiary/aromatic N) is 5. The highest BCUT2D eigenvalue weighted by Gasteiger charge is 2.34. The summed E-state index contributed by atoms with van der Waals surface area (Å²) in [5.41, 5.74) is -0.463. The van der Waals surface area contributed by atoms with Gasteiger partial charge < -0.3 is 14.4 Å². The van der Waals surface area contributed by atoms with Gasteiger partial charge in [-0.1, -0.05) is 46.6 Å². The van der Waals surface area contributed by atoms with E-state index in [2.05, 4.69) is 51.3 Å². The molecule has 0 aliphatic carbocycles. The van der Waals surface area contributed by atoms with Gasteiger partial charge in [-0.05, 0) is 61.7 Å². The van der Waals surface area contributed by atoms with Crippen LogP contribution in [0.15, 0.2) is 30.5 Å². The molecule has 2 atom stereocenters. The molecule has 3 saturated heterocycles. The van der Waals surface area contributed by atoms with Crippen LogP contribution in [0.4, 0.5) is 27.8 Å². The Bertz CT molecular complexity index is 1760. The van der Waals surface area contributed by atoms with Crippen LogP contribution in [0.5, 0.6) is 11.8 Å². The van der Waals surface area contributed by atoms with E-state index in [9.17, 15) is 17.6 Å². The molecule has 3 fully saturated rings. The number of anilines is 1. The number of halogens is 5. The first kappa shape index (κ1) is 37.6. The van der Waals surface area contributed by atoms with Crippen molar-refractivity contribution in [3.8, 4) is 35.4 Å². The van der Waals surface area contributed by atoms with Crippen LogP contribution >= 0.6 is 0 Å². The number of hydrogen-bond donors (Lipinski definition) is 0. The van der Waals surface area contributed by atoms with Crippen molar-refractivity contribution in [2.24, 2.45) is 5.92 Å². The molecule has 0 radical (unpaired) electrons. The standard InChI is InChI=1S/C24H16F4N4O2.C7H12FN.C4H10.C2H6/c1-3-14-17(25)6-5-12-9-13(34-23(27)28)10-15(18(12)14)20-19(26)21-16(11-29-24(31-21)33-2)22(30-20)32-7-4-8-32;8-6-4-7-2-1-3-9(7)5-6;1-4(2)3;1-2/h1,5-6,9-11,23H,4,7-8H2,2H3;6-7H,1-5H2;4H,1-3H3;1-2H3. The molecule has 7 nitrogen and oxygen atoms in total. The molecule has 3 aliphatic rings. The number of hydrogen-bond acceptors (Lipinski definition) is 7. The third-order valence-electron chi connectivity index (χ3n) is 8.10. The van der Waals surface area contributed by atoms with Gasteiger partial charge in [-0.3, -0.25) is 4.90 Å². The molecule has 4 aromatic rings. The molecule has 2 unspecified atom stereocenters. The second-order valence-electron chi connectivity index (χ2n) is 12.4. The van der Waals surface area contributed by atoms with Crippen molar-refractivity contribution in [3.05, 3.63) is 47.7 Å². The lowest BCUT2D eigenvalue weighted by Crippen LogP contribution is -2.38. The molecule has 3 aliphatic heterocycles. The molecule has 2 aromatic heterocycles. The van der Waals surface area contributed by atoms with Gasteiger partial charge in [0.25, 0.3) is 0 Å². The normalized spacial score (nSPS) is 18.1. The van der Waals surface area contributed by atoms with Crippen molar-refractivity contribution in [2.75, 3.05) is 38.2 Å². The molecule has 5 heterocycles. The van der Waals surface area contributed by atoms with Crippen molar-refractivity contribution in [3.63, 3.8) is 0 Å². The van der Waals surface area contributed by atoms with E-state index in [0.717, 1.165) is 31.4 Å². The van der Waals surface area contributed by atoms with Crippen molar-refractivity contribution < 1.29 is 31.4 Å². The summed E-state index contributed by atoms with van der Waals surface area (Å²) in [6.45, 7) is 10.6. The topological polar surface area (TPSA) is 63.6 Å². The summed E-state index contributed by atoms with van der Waals surface area (Å²) in [5.74, 6) is 1.69. The van der Waals surface area contributed by atoms with Gasteiger partial charge in [0.1, 0.15) is 34.8 Å². The fourth-order valence-corrected chi connectivity index (χ4v) is 6.01. The van der Waals surface area contributed by atoms with E-state index >= 15 is 4.39 Å². The van der Waals surface area contributed by atoms with Crippen molar-refractivity contribution >= 4 is 27.5 Å². The molecule has 12 heteroatoms. The van der Waals surface area contributed by atoms with Gasteiger partial charge in [0.05, 0.1) is 18.1 Å². The lowest BCUT2D eigenvalue weighted by Gasteiger charge is -2.33. The first-order chi connectivity index (χ1) is 23.5. The minimum Gasteiger partial charge on any atom is -0.467 e. The molecule has 0 N–H and O–H groups in total. The Hall–Kier alpha value is -4.24. The fraction of sp³-hybridized carbons (Fsp3) is 0.486. The van der Waals surface area contributed by atoms with E-state index in [1.54, 1.807) is 0 Å². The first-order valence-electron chi connectivity index (χ1n) is 16.7. The van der Waals surface area contributed by atoms with Gasteiger partial charge in [0.2, 0.25) is 0 Å². The van der Waals surface area contributed by atoms with Crippen LogP contribution in [0.3, 0.4) is 0 Å². The summed E-state index contributed by atoms with van der Waals surface area (Å²) in [6, 6.07) is 5.47. The minimum absolute atomic E-state index is 0.000599. The minimum atomic E-state index is -3.12. The Morgan fingerprint density at radius 1 is 1.02 bits per heavy atom. The second kappa shape index (κ2) is 16.9. The third kappa shape index (κ3) is 8.68. The zero-order valence-corrected chi connectivity index (χ0v) is 28.9. The lowest BCUT2D eigenvalue weighted by molar-refractivity contribution is -0.0497. The molecule has 0 saturated carbocycles. The van der Waals surface area contributed by atoms with E-state index in [1.807, 2.05) is 18.7 Å². The Morgan fingerprint density at radius 2 is 1.73 bits per heavy atom. The van der Waals surface area contributed by atoms with E-state index in [4.69, 9.17) is 11.2 Å². The van der Waals surface area contributed by atoms with Crippen LogP contribution in [0, 0.1) is 29.9 Å². The number of aromatic nitrogens is 3. The number of ether oxygens (including phenoxy) is 2. The fourth-order valence-electron chi connectivity index (χ4n) is 6.01. The molecule has 264 valence electrons. The van der Waals surface area contributed by atoms with Gasteiger partial charge in [0, 0.05) is 42.8 Å². The van der Waals surface area contributed by atoms with Crippen molar-refractivity contribution in [2.45, 2.75) is 79.1 Å². The van der Waals surface area contributed by atoms with Crippen molar-refractivity contribution in [1.29, 1.82) is 0 Å². The summed E-state index contributed by atoms with van der Waals surface area (Å²) >= 11 is 0. The summed E-state index contributed by atoms with van der Waals surface area (Å²) < 4.78 is 78.8. The number of alkyl halides is 3. The zero-order chi connectivity index (χ0) is 35.8. The number of fused-ring (bicyclic) bond motifs is 3. The highest BCUT2D eigenvalue weighted by atomic mass is 19.3. The summed E-state index contributed by atoms with van der Waals surface area (Å²) in [5, 5.41) is 0.786. The van der Waals surface area contributed by atoms with E-state index in [-0.39, 0.29) is 44.9 Å². The molecular formula is C37H44F5N5O2. The predicted octanol–water partition coefficient (Wildman–Crippen LogP) is 8.81. The van der Waals surface area contributed by atoms with Gasteiger partial charge >= 0.3 is 12.6 Å². The number of pyridine rings is 1. The molecule has 49 heavy (non-hydrogen) atoms. The van der Waals surface area contributed by atoms with Crippen LogP contribution < -0.4 is 14.4 Å². The molecule has 0 spiro atoms. The molecule has 2 aromatic carbocycles. The average Bonchev–Trinajstić information content (AvgIpc) is 3.63. The maximum atomic E-state index is 15.9. The monoisotopic (exact) mass is 685 g/mol. The first-order valence-corrected chi connectivity index (χ1v) is 16.7. The Morgan fingerprint density at radius 3 is 2.33 bits per heavy atom. The van der Waals surface area contributed by atoms with Gasteiger partial charge in [-0.2, -0.15) is 13.8 Å². The predicted molar refractivity (Wildman–Crippen MR) is 184 cm³/mol. The van der Waals surface area contributed by atoms with Crippen LogP contribution in [0.1, 0.15) is 65.9 Å². The molecule has 7 rings (SSSR count). The van der Waals surface area contributed by atoms with E-state index in [0.29, 0.717) is 36.9 Å². The summed E-state index contributed by atoms with van der Waals surface area (Å²) in [6.07, 6.45) is 10.7. The van der Waals surface area contributed by atoms with Crippen LogP contribution in [0.25, 0.3) is 32.9 Å². The quantitative estimate of drug-likeness (QED) is 0.154. The number of methoxy groups -OCH3 is 1. The third-order valence-corrected chi connectivity index (χ3v) is 8.10. The average molecular weight is 686 g/mol.